The van der Waals surface area contributed by atoms with Gasteiger partial charge in [0.25, 0.3) is 5.91 Å². The molecule has 194 valence electrons. The predicted octanol–water partition coefficient (Wildman–Crippen LogP) is 6.26. The number of aliphatic imine (C=N–C) groups is 1. The Bertz CT molecular complexity index is 1290. The third-order valence-electron chi connectivity index (χ3n) is 7.38. The van der Waals surface area contributed by atoms with Gasteiger partial charge in [-0.25, -0.2) is 4.99 Å². The zero-order valence-corrected chi connectivity index (χ0v) is 23.5. The number of methoxy groups -OCH3 is 1. The van der Waals surface area contributed by atoms with Crippen LogP contribution in [0.25, 0.3) is 0 Å². The number of esters is 1. The Hall–Kier alpha value is -2.48. The molecule has 0 spiro atoms. The fourth-order valence-corrected chi connectivity index (χ4v) is 7.14. The summed E-state index contributed by atoms with van der Waals surface area (Å²) in [6, 6.07) is 15.5. The lowest BCUT2D eigenvalue weighted by molar-refractivity contribution is -0.145. The first-order valence-electron chi connectivity index (χ1n) is 12.3. The van der Waals surface area contributed by atoms with Crippen LogP contribution in [0.1, 0.15) is 44.4 Å². The van der Waals surface area contributed by atoms with E-state index >= 15 is 0 Å². The van der Waals surface area contributed by atoms with Gasteiger partial charge in [-0.2, -0.15) is 0 Å². The first-order chi connectivity index (χ1) is 17.6. The number of carbonyl (C=O) groups excluding carboxylic acids is 2. The molecular formula is C28H29Cl2N3O3S. The number of thioether (sulfide) groups is 1. The summed E-state index contributed by atoms with van der Waals surface area (Å²) < 4.78 is 4.91. The van der Waals surface area contributed by atoms with Crippen LogP contribution in [0, 0.1) is 11.8 Å². The maximum absolute atomic E-state index is 13.8. The smallest absolute Gasteiger partial charge is 0.310 e. The highest BCUT2D eigenvalue weighted by Crippen LogP contribution is 2.56. The minimum atomic E-state index is -0.612. The van der Waals surface area contributed by atoms with Crippen LogP contribution < -0.4 is 0 Å². The summed E-state index contributed by atoms with van der Waals surface area (Å²) in [5.41, 5.74) is 2.43. The fourth-order valence-electron chi connectivity index (χ4n) is 5.51. The Morgan fingerprint density at radius 2 is 1.70 bits per heavy atom. The lowest BCUT2D eigenvalue weighted by Gasteiger charge is -2.37. The molecule has 9 heteroatoms. The van der Waals surface area contributed by atoms with E-state index in [4.69, 9.17) is 32.9 Å². The lowest BCUT2D eigenvalue weighted by atomic mass is 9.81. The first kappa shape index (κ1) is 26.1. The molecule has 0 aliphatic carbocycles. The maximum Gasteiger partial charge on any atom is 0.310 e. The summed E-state index contributed by atoms with van der Waals surface area (Å²) in [5.74, 6) is -0.532. The van der Waals surface area contributed by atoms with Gasteiger partial charge in [0.1, 0.15) is 10.4 Å². The quantitative estimate of drug-likeness (QED) is 0.406. The molecule has 1 saturated heterocycles. The van der Waals surface area contributed by atoms with Crippen LogP contribution in [0.5, 0.6) is 0 Å². The van der Waals surface area contributed by atoms with Crippen molar-refractivity contribution in [1.82, 2.24) is 9.80 Å². The highest BCUT2D eigenvalue weighted by Gasteiger charge is 2.53. The average Bonchev–Trinajstić information content (AvgIpc) is 3.57. The Balaban J connectivity index is 1.57. The van der Waals surface area contributed by atoms with Crippen LogP contribution in [0.2, 0.25) is 10.0 Å². The summed E-state index contributed by atoms with van der Waals surface area (Å²) in [5, 5.41) is 2.13. The Labute approximate surface area is 231 Å². The van der Waals surface area contributed by atoms with Crippen LogP contribution >= 0.6 is 35.0 Å². The molecule has 2 aromatic carbocycles. The van der Waals surface area contributed by atoms with Crippen molar-refractivity contribution >= 4 is 52.0 Å². The van der Waals surface area contributed by atoms with Crippen molar-refractivity contribution in [3.05, 3.63) is 80.3 Å². The lowest BCUT2D eigenvalue weighted by Crippen LogP contribution is -2.36. The first-order valence-corrected chi connectivity index (χ1v) is 13.9. The Morgan fingerprint density at radius 1 is 1.08 bits per heavy atom. The molecular weight excluding hydrogens is 529 g/mol. The molecule has 6 nitrogen and oxygen atoms in total. The van der Waals surface area contributed by atoms with Crippen molar-refractivity contribution in [3.8, 4) is 0 Å². The van der Waals surface area contributed by atoms with Gasteiger partial charge < -0.3 is 14.5 Å². The second-order valence-corrected chi connectivity index (χ2v) is 12.0. The highest BCUT2D eigenvalue weighted by molar-refractivity contribution is 8.18. The molecule has 1 fully saturated rings. The van der Waals surface area contributed by atoms with Gasteiger partial charge in [0.15, 0.2) is 5.17 Å². The molecule has 37 heavy (non-hydrogen) atoms. The van der Waals surface area contributed by atoms with E-state index in [0.29, 0.717) is 34.5 Å². The fraction of sp³-hybridized carbons (Fsp3) is 0.393. The molecule has 3 aliphatic heterocycles. The van der Waals surface area contributed by atoms with Gasteiger partial charge in [-0.3, -0.25) is 9.59 Å². The van der Waals surface area contributed by atoms with Crippen LogP contribution in [-0.4, -0.2) is 47.0 Å². The van der Waals surface area contributed by atoms with Crippen molar-refractivity contribution < 1.29 is 14.3 Å². The van der Waals surface area contributed by atoms with E-state index in [2.05, 4.69) is 25.7 Å². The SMILES string of the molecule is COC(=O)[C@H]1CCN(C(=O)C2=C(C(C)C)N3C(=NC(C)(c4ccc(Cl)cc4)C3c3ccc(Cl)cc3)S2)C1. The number of halogens is 2. The Kier molecular flexibility index (Phi) is 7.07. The third-order valence-corrected chi connectivity index (χ3v) is 8.94. The monoisotopic (exact) mass is 557 g/mol. The standard InChI is InChI=1S/C28H29Cl2N3O3S/c1-16(2)22-23(25(34)32-14-13-18(15-32)26(35)36-4)37-27-31-28(3,19-7-11-21(30)12-8-19)24(33(22)27)17-5-9-20(29)10-6-17/h5-12,16,18,24H,13-15H2,1-4H3/t18-,24?,28?/m0/s1. The van der Waals surface area contributed by atoms with Crippen molar-refractivity contribution in [2.24, 2.45) is 16.8 Å². The normalized spacial score (nSPS) is 25.1. The van der Waals surface area contributed by atoms with Gasteiger partial charge in [-0.05, 0) is 66.4 Å². The number of rotatable bonds is 5. The molecule has 0 saturated carbocycles. The number of hydrogen-bond donors (Lipinski definition) is 0. The average molecular weight is 559 g/mol. The van der Waals surface area contributed by atoms with Crippen molar-refractivity contribution in [2.45, 2.75) is 38.8 Å². The number of allylic oxidation sites excluding steroid dienone is 1. The number of hydrogen-bond acceptors (Lipinski definition) is 6. The number of ether oxygens (including phenoxy) is 1. The van der Waals surface area contributed by atoms with E-state index in [0.717, 1.165) is 22.0 Å². The number of nitrogens with zero attached hydrogens (tertiary/aromatic N) is 3. The molecule has 0 N–H and O–H groups in total. The summed E-state index contributed by atoms with van der Waals surface area (Å²) in [6.45, 7) is 7.23. The largest absolute Gasteiger partial charge is 0.469 e. The molecule has 5 rings (SSSR count). The van der Waals surface area contributed by atoms with Gasteiger partial charge in [0.2, 0.25) is 0 Å². The van der Waals surface area contributed by atoms with Gasteiger partial charge in [-0.15, -0.1) is 0 Å². The number of benzene rings is 2. The van der Waals surface area contributed by atoms with Gasteiger partial charge in [-0.1, -0.05) is 61.3 Å². The zero-order chi connectivity index (χ0) is 26.5. The number of fused-ring (bicyclic) bond motifs is 1. The number of amidine groups is 1. The number of carbonyl (C=O) groups is 2. The molecule has 3 heterocycles. The summed E-state index contributed by atoms with van der Waals surface area (Å²) >= 11 is 13.9. The van der Waals surface area contributed by atoms with Gasteiger partial charge in [0.05, 0.1) is 19.1 Å². The molecule has 0 radical (unpaired) electrons. The molecule has 3 aliphatic rings. The number of likely N-dealkylation sites (tertiary alicyclic amines) is 1. The Morgan fingerprint density at radius 3 is 2.30 bits per heavy atom. The van der Waals surface area contributed by atoms with E-state index in [1.165, 1.54) is 18.9 Å². The van der Waals surface area contributed by atoms with Crippen molar-refractivity contribution in [2.75, 3.05) is 20.2 Å². The van der Waals surface area contributed by atoms with Crippen molar-refractivity contribution in [3.63, 3.8) is 0 Å². The summed E-state index contributed by atoms with van der Waals surface area (Å²) in [4.78, 5) is 35.8. The second kappa shape index (κ2) is 10.0. The van der Waals surface area contributed by atoms with E-state index < -0.39 is 5.54 Å². The van der Waals surface area contributed by atoms with Crippen LogP contribution in [-0.2, 0) is 19.9 Å². The van der Waals surface area contributed by atoms with Crippen LogP contribution in [0.15, 0.2) is 64.1 Å². The van der Waals surface area contributed by atoms with E-state index in [-0.39, 0.29) is 29.8 Å². The molecule has 0 bridgehead atoms. The minimum absolute atomic E-state index is 0.0553. The van der Waals surface area contributed by atoms with Crippen LogP contribution in [0.4, 0.5) is 0 Å². The third kappa shape index (κ3) is 4.55. The van der Waals surface area contributed by atoms with E-state index in [1.54, 1.807) is 4.90 Å². The van der Waals surface area contributed by atoms with Gasteiger partial charge in [0, 0.05) is 28.8 Å². The maximum atomic E-state index is 13.8. The highest BCUT2D eigenvalue weighted by atomic mass is 35.5. The minimum Gasteiger partial charge on any atom is -0.469 e. The van der Waals surface area contributed by atoms with Gasteiger partial charge >= 0.3 is 5.97 Å². The molecule has 1 amide bonds. The van der Waals surface area contributed by atoms with Crippen molar-refractivity contribution in [1.29, 1.82) is 0 Å². The topological polar surface area (TPSA) is 62.2 Å². The predicted molar refractivity (Wildman–Crippen MR) is 148 cm³/mol. The molecule has 0 aromatic heterocycles. The number of amides is 1. The van der Waals surface area contributed by atoms with E-state index in [9.17, 15) is 9.59 Å². The zero-order valence-electron chi connectivity index (χ0n) is 21.2. The molecule has 2 aromatic rings. The summed E-state index contributed by atoms with van der Waals surface area (Å²) in [7, 11) is 1.39. The molecule has 3 atom stereocenters. The molecule has 2 unspecified atom stereocenters. The van der Waals surface area contributed by atoms with E-state index in [1.807, 2.05) is 48.5 Å². The summed E-state index contributed by atoms with van der Waals surface area (Å²) in [6.07, 6.45) is 0.611. The second-order valence-electron chi connectivity index (χ2n) is 10.1. The van der Waals surface area contributed by atoms with Crippen LogP contribution in [0.3, 0.4) is 0 Å².